The Labute approximate surface area is 118 Å². The Hall–Kier alpha value is -1.60. The molecule has 1 saturated heterocycles. The molecule has 110 valence electrons. The van der Waals surface area contributed by atoms with Crippen LogP contribution in [0.25, 0.3) is 0 Å². The lowest BCUT2D eigenvalue weighted by Gasteiger charge is -2.29. The number of carboxylic acid groups (broad SMARTS) is 1. The second-order valence-corrected chi connectivity index (χ2v) is 6.63. The molecule has 1 aromatic carbocycles. The zero-order chi connectivity index (χ0) is 14.8. The maximum Gasteiger partial charge on any atom is 0.306 e. The Morgan fingerprint density at radius 2 is 1.80 bits per heavy atom. The summed E-state index contributed by atoms with van der Waals surface area (Å²) < 4.78 is 31.1. The minimum absolute atomic E-state index is 0.201. The summed E-state index contributed by atoms with van der Waals surface area (Å²) in [6.45, 7) is 0.483. The number of nitrogens with zero attached hydrogens (tertiary/aromatic N) is 1. The van der Waals surface area contributed by atoms with E-state index >= 15 is 0 Å². The van der Waals surface area contributed by atoms with Crippen LogP contribution in [0.3, 0.4) is 0 Å². The van der Waals surface area contributed by atoms with Crippen molar-refractivity contribution >= 4 is 16.0 Å². The molecule has 0 aromatic heterocycles. The molecule has 20 heavy (non-hydrogen) atoms. The lowest BCUT2D eigenvalue weighted by molar-refractivity contribution is -0.142. The first-order chi connectivity index (χ1) is 9.45. The standard InChI is InChI=1S/C13H17NO5S/c1-19-11-2-4-12(5-3-11)20(17,18)14-8-6-10(7-9-14)13(15)16/h2-5,10H,6-9H2,1H3,(H,15,16). The molecule has 0 spiro atoms. The fourth-order valence-corrected chi connectivity index (χ4v) is 3.71. The van der Waals surface area contributed by atoms with Crippen LogP contribution in [0.2, 0.25) is 0 Å². The van der Waals surface area contributed by atoms with Gasteiger partial charge in [0.2, 0.25) is 10.0 Å². The summed E-state index contributed by atoms with van der Waals surface area (Å²) in [6, 6.07) is 6.18. The fourth-order valence-electron chi connectivity index (χ4n) is 2.24. The van der Waals surface area contributed by atoms with Gasteiger partial charge in [0.15, 0.2) is 0 Å². The molecule has 0 atom stereocenters. The molecule has 2 rings (SSSR count). The summed E-state index contributed by atoms with van der Waals surface area (Å²) in [7, 11) is -2.04. The van der Waals surface area contributed by atoms with Crippen LogP contribution in [0.1, 0.15) is 12.8 Å². The van der Waals surface area contributed by atoms with E-state index in [1.807, 2.05) is 0 Å². The van der Waals surface area contributed by atoms with Crippen LogP contribution in [-0.4, -0.2) is 44.0 Å². The van der Waals surface area contributed by atoms with E-state index < -0.39 is 21.9 Å². The molecule has 6 nitrogen and oxygen atoms in total. The second-order valence-electron chi connectivity index (χ2n) is 4.69. The molecule has 0 radical (unpaired) electrons. The van der Waals surface area contributed by atoms with Crippen LogP contribution in [0, 0.1) is 5.92 Å². The number of rotatable bonds is 4. The lowest BCUT2D eigenvalue weighted by Crippen LogP contribution is -2.40. The maximum absolute atomic E-state index is 12.4. The number of carbonyl (C=O) groups is 1. The van der Waals surface area contributed by atoms with Crippen LogP contribution in [0.15, 0.2) is 29.2 Å². The number of ether oxygens (including phenoxy) is 1. The van der Waals surface area contributed by atoms with Gasteiger partial charge < -0.3 is 9.84 Å². The molecule has 1 N–H and O–H groups in total. The van der Waals surface area contributed by atoms with E-state index in [0.29, 0.717) is 18.6 Å². The van der Waals surface area contributed by atoms with Crippen molar-refractivity contribution in [2.45, 2.75) is 17.7 Å². The molecule has 0 bridgehead atoms. The molecule has 7 heteroatoms. The SMILES string of the molecule is COc1ccc(S(=O)(=O)N2CCC(C(=O)O)CC2)cc1. The first-order valence-electron chi connectivity index (χ1n) is 6.32. The zero-order valence-corrected chi connectivity index (χ0v) is 12.0. The van der Waals surface area contributed by atoms with Crippen molar-refractivity contribution in [2.24, 2.45) is 5.92 Å². The molecule has 0 aliphatic carbocycles. The number of benzene rings is 1. The van der Waals surface area contributed by atoms with Crippen molar-refractivity contribution in [2.75, 3.05) is 20.2 Å². The highest BCUT2D eigenvalue weighted by molar-refractivity contribution is 7.89. The third-order valence-electron chi connectivity index (χ3n) is 3.50. The second kappa shape index (κ2) is 5.80. The van der Waals surface area contributed by atoms with Crippen LogP contribution >= 0.6 is 0 Å². The zero-order valence-electron chi connectivity index (χ0n) is 11.2. The first kappa shape index (κ1) is 14.8. The number of methoxy groups -OCH3 is 1. The Morgan fingerprint density at radius 1 is 1.25 bits per heavy atom. The van der Waals surface area contributed by atoms with Crippen molar-refractivity contribution in [3.8, 4) is 5.75 Å². The Morgan fingerprint density at radius 3 is 2.25 bits per heavy atom. The predicted octanol–water partition coefficient (Wildman–Crippen LogP) is 1.18. The first-order valence-corrected chi connectivity index (χ1v) is 7.76. The smallest absolute Gasteiger partial charge is 0.306 e. The van der Waals surface area contributed by atoms with Crippen molar-refractivity contribution in [1.29, 1.82) is 0 Å². The average molecular weight is 299 g/mol. The Balaban J connectivity index is 2.13. The quantitative estimate of drug-likeness (QED) is 0.902. The number of hydrogen-bond acceptors (Lipinski definition) is 4. The molecule has 0 unspecified atom stereocenters. The highest BCUT2D eigenvalue weighted by atomic mass is 32.2. The molecule has 1 aromatic rings. The number of hydrogen-bond donors (Lipinski definition) is 1. The molecule has 1 heterocycles. The molecule has 0 saturated carbocycles. The Bertz CT molecular complexity index is 573. The fraction of sp³-hybridized carbons (Fsp3) is 0.462. The topological polar surface area (TPSA) is 83.9 Å². The average Bonchev–Trinajstić information content (AvgIpc) is 2.47. The van der Waals surface area contributed by atoms with Crippen LogP contribution in [0.5, 0.6) is 5.75 Å². The minimum Gasteiger partial charge on any atom is -0.497 e. The summed E-state index contributed by atoms with van der Waals surface area (Å²) in [5.41, 5.74) is 0. The van der Waals surface area contributed by atoms with Crippen LogP contribution < -0.4 is 4.74 Å². The van der Waals surface area contributed by atoms with Gasteiger partial charge in [-0.3, -0.25) is 4.79 Å². The molecular weight excluding hydrogens is 282 g/mol. The van der Waals surface area contributed by atoms with Gasteiger partial charge in [0.1, 0.15) is 5.75 Å². The van der Waals surface area contributed by atoms with Gasteiger partial charge in [-0.25, -0.2) is 8.42 Å². The van der Waals surface area contributed by atoms with Gasteiger partial charge in [-0.2, -0.15) is 4.31 Å². The summed E-state index contributed by atoms with van der Waals surface area (Å²) in [4.78, 5) is 11.1. The van der Waals surface area contributed by atoms with Gasteiger partial charge in [-0.1, -0.05) is 0 Å². The van der Waals surface area contributed by atoms with E-state index in [0.717, 1.165) is 0 Å². The Kier molecular flexibility index (Phi) is 4.29. The van der Waals surface area contributed by atoms with Crippen molar-refractivity contribution in [3.05, 3.63) is 24.3 Å². The van der Waals surface area contributed by atoms with Gasteiger partial charge in [0.25, 0.3) is 0 Å². The summed E-state index contributed by atoms with van der Waals surface area (Å²) >= 11 is 0. The minimum atomic E-state index is -3.55. The molecule has 1 aliphatic rings. The summed E-state index contributed by atoms with van der Waals surface area (Å²) in [5.74, 6) is -0.711. The van der Waals surface area contributed by atoms with E-state index in [9.17, 15) is 13.2 Å². The maximum atomic E-state index is 12.4. The molecule has 1 aliphatic heterocycles. The number of sulfonamides is 1. The third-order valence-corrected chi connectivity index (χ3v) is 5.41. The van der Waals surface area contributed by atoms with E-state index in [-0.39, 0.29) is 18.0 Å². The molecule has 1 fully saturated rings. The lowest BCUT2D eigenvalue weighted by atomic mass is 9.99. The van der Waals surface area contributed by atoms with E-state index in [1.54, 1.807) is 12.1 Å². The van der Waals surface area contributed by atoms with E-state index in [4.69, 9.17) is 9.84 Å². The number of aliphatic carboxylic acids is 1. The highest BCUT2D eigenvalue weighted by Gasteiger charge is 2.31. The van der Waals surface area contributed by atoms with E-state index in [1.165, 1.54) is 23.5 Å². The van der Waals surface area contributed by atoms with Crippen LogP contribution in [0.4, 0.5) is 0 Å². The summed E-state index contributed by atoms with van der Waals surface area (Å²) in [6.07, 6.45) is 0.704. The number of carboxylic acids is 1. The van der Waals surface area contributed by atoms with Gasteiger partial charge in [0.05, 0.1) is 17.9 Å². The van der Waals surface area contributed by atoms with Gasteiger partial charge in [-0.15, -0.1) is 0 Å². The summed E-state index contributed by atoms with van der Waals surface area (Å²) in [5, 5.41) is 8.92. The van der Waals surface area contributed by atoms with Gasteiger partial charge >= 0.3 is 5.97 Å². The third kappa shape index (κ3) is 2.94. The molecular formula is C13H17NO5S. The van der Waals surface area contributed by atoms with Crippen molar-refractivity contribution in [1.82, 2.24) is 4.31 Å². The highest BCUT2D eigenvalue weighted by Crippen LogP contribution is 2.25. The van der Waals surface area contributed by atoms with Gasteiger partial charge in [-0.05, 0) is 37.1 Å². The monoisotopic (exact) mass is 299 g/mol. The van der Waals surface area contributed by atoms with Crippen LogP contribution in [-0.2, 0) is 14.8 Å². The van der Waals surface area contributed by atoms with Crippen molar-refractivity contribution < 1.29 is 23.1 Å². The number of piperidine rings is 1. The van der Waals surface area contributed by atoms with E-state index in [2.05, 4.69) is 0 Å². The largest absolute Gasteiger partial charge is 0.497 e. The predicted molar refractivity (Wildman–Crippen MR) is 72.1 cm³/mol. The normalized spacial score (nSPS) is 17.9. The molecule has 0 amide bonds. The van der Waals surface area contributed by atoms with Gasteiger partial charge in [0, 0.05) is 13.1 Å². The van der Waals surface area contributed by atoms with Crippen molar-refractivity contribution in [3.63, 3.8) is 0 Å².